The Bertz CT molecular complexity index is 1750. The summed E-state index contributed by atoms with van der Waals surface area (Å²) < 4.78 is 68.2. The van der Waals surface area contributed by atoms with Crippen LogP contribution in [0.3, 0.4) is 0 Å². The van der Waals surface area contributed by atoms with Gasteiger partial charge in [0, 0.05) is 25.7 Å². The fourth-order valence-electron chi connectivity index (χ4n) is 10.2. The summed E-state index contributed by atoms with van der Waals surface area (Å²) in [5, 5.41) is 10.6. The molecule has 3 N–H and O–H groups in total. The van der Waals surface area contributed by atoms with Crippen molar-refractivity contribution in [3.8, 4) is 0 Å². The highest BCUT2D eigenvalue weighted by Gasteiger charge is 2.30. The third-order valence-corrected chi connectivity index (χ3v) is 18.8. The number of unbranched alkanes of at least 4 members (excludes halogenated alkanes) is 29. The Labute approximate surface area is 537 Å². The van der Waals surface area contributed by atoms with Gasteiger partial charge in [-0.15, -0.1) is 0 Å². The van der Waals surface area contributed by atoms with Crippen LogP contribution in [-0.2, 0) is 65.4 Å². The molecule has 19 heteroatoms. The molecule has 0 aliphatic rings. The third kappa shape index (κ3) is 59.1. The van der Waals surface area contributed by atoms with Crippen LogP contribution >= 0.6 is 15.6 Å². The van der Waals surface area contributed by atoms with Crippen LogP contribution in [0.25, 0.3) is 0 Å². The van der Waals surface area contributed by atoms with Crippen molar-refractivity contribution in [1.29, 1.82) is 0 Å². The highest BCUT2D eigenvalue weighted by molar-refractivity contribution is 7.47. The van der Waals surface area contributed by atoms with Crippen LogP contribution in [0.2, 0.25) is 0 Å². The minimum atomic E-state index is -4.95. The lowest BCUT2D eigenvalue weighted by atomic mass is 9.99. The monoisotopic (exact) mass is 1300 g/mol. The maximum Gasteiger partial charge on any atom is 0.472 e. The van der Waals surface area contributed by atoms with Gasteiger partial charge in [-0.25, -0.2) is 9.13 Å². The smallest absolute Gasteiger partial charge is 0.462 e. The molecule has 0 saturated heterocycles. The van der Waals surface area contributed by atoms with Crippen LogP contribution in [0.1, 0.15) is 338 Å². The van der Waals surface area contributed by atoms with Crippen molar-refractivity contribution in [3.63, 3.8) is 0 Å². The van der Waals surface area contributed by atoms with Gasteiger partial charge in [0.15, 0.2) is 12.2 Å². The van der Waals surface area contributed by atoms with Gasteiger partial charge in [0.1, 0.15) is 19.3 Å². The van der Waals surface area contributed by atoms with Crippen LogP contribution < -0.4 is 0 Å². The molecule has 0 aliphatic heterocycles. The van der Waals surface area contributed by atoms with E-state index in [9.17, 15) is 43.2 Å². The zero-order valence-corrected chi connectivity index (χ0v) is 59.1. The van der Waals surface area contributed by atoms with Crippen LogP contribution in [0, 0.1) is 23.7 Å². The first-order valence-corrected chi connectivity index (χ1v) is 38.8. The van der Waals surface area contributed by atoms with E-state index in [1.807, 2.05) is 0 Å². The normalized spacial score (nSPS) is 15.2. The molecule has 5 unspecified atom stereocenters. The lowest BCUT2D eigenvalue weighted by Crippen LogP contribution is -2.30. The molecule has 0 bridgehead atoms. The molecule has 0 radical (unpaired) electrons. The molecule has 88 heavy (non-hydrogen) atoms. The van der Waals surface area contributed by atoms with E-state index < -0.39 is 97.5 Å². The largest absolute Gasteiger partial charge is 0.472 e. The quantitative estimate of drug-likeness (QED) is 0.0222. The summed E-state index contributed by atoms with van der Waals surface area (Å²) in [6.07, 6.45) is 40.3. The summed E-state index contributed by atoms with van der Waals surface area (Å²) in [5.74, 6) is 0.876. The number of rotatable bonds is 66. The molecule has 8 atom stereocenters. The Morgan fingerprint density at radius 3 is 0.807 bits per heavy atom. The van der Waals surface area contributed by atoms with Gasteiger partial charge in [-0.3, -0.25) is 37.3 Å². The number of carbonyl (C=O) groups excluding carboxylic acids is 4. The summed E-state index contributed by atoms with van der Waals surface area (Å²) >= 11 is 0. The summed E-state index contributed by atoms with van der Waals surface area (Å²) in [6.45, 7) is 14.1. The van der Waals surface area contributed by atoms with Gasteiger partial charge in [0.2, 0.25) is 0 Å². The number of hydrogen-bond donors (Lipinski definition) is 3. The number of carbonyl (C=O) groups is 4. The van der Waals surface area contributed by atoms with E-state index in [2.05, 4.69) is 55.4 Å². The van der Waals surface area contributed by atoms with Gasteiger partial charge in [-0.2, -0.15) is 0 Å². The number of hydrogen-bond acceptors (Lipinski definition) is 15. The molecule has 0 aromatic rings. The van der Waals surface area contributed by atoms with Gasteiger partial charge in [0.25, 0.3) is 0 Å². The first kappa shape index (κ1) is 86.1. The molecular formula is C69H134O17P2. The molecule has 0 rings (SSSR count). The fourth-order valence-corrected chi connectivity index (χ4v) is 11.8. The number of esters is 4. The first-order valence-electron chi connectivity index (χ1n) is 35.8. The third-order valence-electron chi connectivity index (χ3n) is 16.9. The Morgan fingerprint density at radius 2 is 0.545 bits per heavy atom. The van der Waals surface area contributed by atoms with E-state index in [0.717, 1.165) is 120 Å². The predicted octanol–water partition coefficient (Wildman–Crippen LogP) is 19.3. The lowest BCUT2D eigenvalue weighted by Gasteiger charge is -2.21. The molecule has 0 aromatic heterocycles. The van der Waals surface area contributed by atoms with Crippen molar-refractivity contribution in [2.24, 2.45) is 23.7 Å². The molecule has 0 spiro atoms. The molecule has 0 aromatic carbocycles. The minimum Gasteiger partial charge on any atom is -0.462 e. The summed E-state index contributed by atoms with van der Waals surface area (Å²) in [7, 11) is -9.90. The Kier molecular flexibility index (Phi) is 57.6. The standard InChI is InChI=1S/C69H134O17P2/c1-9-60(6)46-38-30-22-19-20-24-35-43-51-68(73)85-64(56-80-67(72)50-42-34-27-25-31-39-47-61(7)10-2)57-83-87(75,76)81-53-63(70)54-82-88(77,78)84-58-65(86-69(74)52-44-36-28-26-32-40-48-62(8)11-3)55-79-66(71)49-41-33-23-18-16-14-12-13-15-17-21-29-37-45-59(4)5/h59-65,70H,9-58H2,1-8H3,(H,75,76)(H,77,78)/t60?,61?,62?,63-,64+,65+/m0/s1. The zero-order chi connectivity index (χ0) is 65.4. The zero-order valence-electron chi connectivity index (χ0n) is 57.3. The fraction of sp³-hybridized carbons (Fsp3) is 0.942. The van der Waals surface area contributed by atoms with Crippen molar-refractivity contribution in [2.75, 3.05) is 39.6 Å². The van der Waals surface area contributed by atoms with Crippen molar-refractivity contribution < 1.29 is 80.2 Å². The summed E-state index contributed by atoms with van der Waals surface area (Å²) in [6, 6.07) is 0. The first-order chi connectivity index (χ1) is 42.2. The molecule has 0 saturated carbocycles. The Balaban J connectivity index is 5.23. The van der Waals surface area contributed by atoms with Crippen LogP contribution in [-0.4, -0.2) is 96.7 Å². The average Bonchev–Trinajstić information content (AvgIpc) is 3.69. The van der Waals surface area contributed by atoms with Crippen molar-refractivity contribution in [1.82, 2.24) is 0 Å². The highest BCUT2D eigenvalue weighted by Crippen LogP contribution is 2.45. The number of phosphoric ester groups is 2. The Morgan fingerprint density at radius 1 is 0.318 bits per heavy atom. The number of ether oxygens (including phenoxy) is 4. The van der Waals surface area contributed by atoms with Crippen molar-refractivity contribution in [2.45, 2.75) is 356 Å². The molecule has 17 nitrogen and oxygen atoms in total. The minimum absolute atomic E-state index is 0.102. The molecule has 0 fully saturated rings. The molecule has 522 valence electrons. The number of aliphatic hydroxyl groups is 1. The van der Waals surface area contributed by atoms with E-state index in [0.29, 0.717) is 25.7 Å². The second kappa shape index (κ2) is 58.8. The van der Waals surface area contributed by atoms with Crippen molar-refractivity contribution in [3.05, 3.63) is 0 Å². The number of phosphoric acid groups is 2. The van der Waals surface area contributed by atoms with Crippen LogP contribution in [0.5, 0.6) is 0 Å². The Hall–Kier alpha value is -1.94. The van der Waals surface area contributed by atoms with E-state index in [1.54, 1.807) is 0 Å². The lowest BCUT2D eigenvalue weighted by molar-refractivity contribution is -0.161. The van der Waals surface area contributed by atoms with E-state index >= 15 is 0 Å². The van der Waals surface area contributed by atoms with Crippen molar-refractivity contribution >= 4 is 39.5 Å². The number of aliphatic hydroxyl groups excluding tert-OH is 1. The van der Waals surface area contributed by atoms with E-state index in [-0.39, 0.29) is 25.7 Å². The molecule has 0 heterocycles. The summed E-state index contributed by atoms with van der Waals surface area (Å²) in [4.78, 5) is 72.5. The van der Waals surface area contributed by atoms with Gasteiger partial charge < -0.3 is 33.8 Å². The SMILES string of the molecule is CCC(C)CCCCCCCCCCC(=O)O[C@H](COC(=O)CCCCCCCCC(C)CC)COP(=O)(O)OC[C@H](O)COP(=O)(O)OC[C@@H](COC(=O)CCCCCCCCCCCCCCCC(C)C)OC(=O)CCCCCCCCC(C)CC. The molecule has 0 amide bonds. The van der Waals surface area contributed by atoms with E-state index in [1.165, 1.54) is 135 Å². The van der Waals surface area contributed by atoms with Crippen LogP contribution in [0.15, 0.2) is 0 Å². The molecule has 0 aliphatic carbocycles. The summed E-state index contributed by atoms with van der Waals surface area (Å²) in [5.41, 5.74) is 0. The maximum atomic E-state index is 13.0. The topological polar surface area (TPSA) is 237 Å². The predicted molar refractivity (Wildman–Crippen MR) is 354 cm³/mol. The van der Waals surface area contributed by atoms with E-state index in [4.69, 9.17) is 37.0 Å². The second-order valence-corrected chi connectivity index (χ2v) is 29.0. The molecular weight excluding hydrogens is 1160 g/mol. The van der Waals surface area contributed by atoms with Gasteiger partial charge in [0.05, 0.1) is 26.4 Å². The van der Waals surface area contributed by atoms with Gasteiger partial charge in [-0.1, -0.05) is 287 Å². The highest BCUT2D eigenvalue weighted by atomic mass is 31.2. The van der Waals surface area contributed by atoms with Crippen LogP contribution in [0.4, 0.5) is 0 Å². The van der Waals surface area contributed by atoms with Gasteiger partial charge in [-0.05, 0) is 49.4 Å². The second-order valence-electron chi connectivity index (χ2n) is 26.1. The average molecular weight is 1300 g/mol. The van der Waals surface area contributed by atoms with Gasteiger partial charge >= 0.3 is 39.5 Å². The maximum absolute atomic E-state index is 13.0.